The molecule has 0 bridgehead atoms. The maximum absolute atomic E-state index is 12.7. The Kier molecular flexibility index (Phi) is 3.66. The normalized spacial score (nSPS) is 18.0. The molecule has 0 radical (unpaired) electrons. The molecule has 130 valence electrons. The van der Waals surface area contributed by atoms with Crippen LogP contribution in [0, 0.1) is 0 Å². The molecule has 0 aliphatic carbocycles. The van der Waals surface area contributed by atoms with Gasteiger partial charge in [0.15, 0.2) is 11.5 Å². The minimum absolute atomic E-state index is 0.0198. The molecule has 1 aliphatic rings. The Bertz CT molecular complexity index is 892. The van der Waals surface area contributed by atoms with Gasteiger partial charge in [0.05, 0.1) is 0 Å². The summed E-state index contributed by atoms with van der Waals surface area (Å²) in [5.74, 6) is 0.732. The molecule has 1 saturated heterocycles. The van der Waals surface area contributed by atoms with Gasteiger partial charge in [-0.2, -0.15) is 13.2 Å². The average Bonchev–Trinajstić information content (AvgIpc) is 3.23. The maximum Gasteiger partial charge on any atom is 0.433 e. The van der Waals surface area contributed by atoms with Crippen molar-refractivity contribution in [1.82, 2.24) is 24.3 Å². The standard InChI is InChI=1S/C15H14F3N7/c16-15(17,18)11-1-3-21-14(23-11)22-10-2-6-25(9-10)13-12-19-4-7-24(12)8-5-20-13/h1,3-5,7-8,10H,2,6,9H2,(H,21,22,23). The van der Waals surface area contributed by atoms with E-state index < -0.39 is 11.9 Å². The van der Waals surface area contributed by atoms with Crippen LogP contribution in [-0.4, -0.2) is 43.5 Å². The molecule has 0 saturated carbocycles. The topological polar surface area (TPSA) is 71.2 Å². The lowest BCUT2D eigenvalue weighted by Gasteiger charge is -2.18. The van der Waals surface area contributed by atoms with Crippen LogP contribution in [0.15, 0.2) is 37.1 Å². The Balaban J connectivity index is 1.49. The molecular weight excluding hydrogens is 335 g/mol. The fraction of sp³-hybridized carbons (Fsp3) is 0.333. The van der Waals surface area contributed by atoms with Gasteiger partial charge in [-0.15, -0.1) is 0 Å². The van der Waals surface area contributed by atoms with E-state index in [0.717, 1.165) is 36.7 Å². The molecule has 1 fully saturated rings. The lowest BCUT2D eigenvalue weighted by molar-refractivity contribution is -0.141. The Hall–Kier alpha value is -2.91. The van der Waals surface area contributed by atoms with Gasteiger partial charge < -0.3 is 14.6 Å². The second-order valence-corrected chi connectivity index (χ2v) is 5.75. The number of hydrogen-bond acceptors (Lipinski definition) is 6. The first-order valence-electron chi connectivity index (χ1n) is 7.70. The van der Waals surface area contributed by atoms with Crippen LogP contribution in [0.2, 0.25) is 0 Å². The Morgan fingerprint density at radius 1 is 1.08 bits per heavy atom. The Labute approximate surface area is 140 Å². The summed E-state index contributed by atoms with van der Waals surface area (Å²) in [5.41, 5.74) is -0.206. The lowest BCUT2D eigenvalue weighted by atomic mass is 10.3. The van der Waals surface area contributed by atoms with Gasteiger partial charge in [-0.25, -0.2) is 19.9 Å². The van der Waals surface area contributed by atoms with Crippen LogP contribution in [0.5, 0.6) is 0 Å². The van der Waals surface area contributed by atoms with Crippen molar-refractivity contribution in [3.63, 3.8) is 0 Å². The highest BCUT2D eigenvalue weighted by molar-refractivity contribution is 5.64. The summed E-state index contributed by atoms with van der Waals surface area (Å²) in [6.45, 7) is 1.30. The number of aromatic nitrogens is 5. The van der Waals surface area contributed by atoms with Crippen LogP contribution in [0.25, 0.3) is 5.65 Å². The molecule has 0 amide bonds. The molecule has 0 aromatic carbocycles. The zero-order chi connectivity index (χ0) is 17.4. The van der Waals surface area contributed by atoms with E-state index >= 15 is 0 Å². The number of nitrogens with zero attached hydrogens (tertiary/aromatic N) is 6. The molecule has 1 N–H and O–H groups in total. The first-order chi connectivity index (χ1) is 12.0. The van der Waals surface area contributed by atoms with Gasteiger partial charge in [0, 0.05) is 50.1 Å². The summed E-state index contributed by atoms with van der Waals surface area (Å²) >= 11 is 0. The van der Waals surface area contributed by atoms with Crippen molar-refractivity contribution in [3.8, 4) is 0 Å². The Morgan fingerprint density at radius 3 is 2.68 bits per heavy atom. The van der Waals surface area contributed by atoms with Crippen LogP contribution < -0.4 is 10.2 Å². The summed E-state index contributed by atoms with van der Waals surface area (Å²) in [4.78, 5) is 18.2. The highest BCUT2D eigenvalue weighted by Gasteiger charge is 2.33. The highest BCUT2D eigenvalue weighted by atomic mass is 19.4. The smallest absolute Gasteiger partial charge is 0.351 e. The van der Waals surface area contributed by atoms with Gasteiger partial charge in [0.2, 0.25) is 5.95 Å². The van der Waals surface area contributed by atoms with Crippen molar-refractivity contribution < 1.29 is 13.2 Å². The van der Waals surface area contributed by atoms with Gasteiger partial charge in [0.1, 0.15) is 5.69 Å². The predicted octanol–water partition coefficient (Wildman–Crippen LogP) is 2.23. The zero-order valence-corrected chi connectivity index (χ0v) is 13.0. The predicted molar refractivity (Wildman–Crippen MR) is 84.3 cm³/mol. The van der Waals surface area contributed by atoms with Crippen LogP contribution in [0.4, 0.5) is 24.9 Å². The molecule has 10 heteroatoms. The third-order valence-electron chi connectivity index (χ3n) is 4.06. The van der Waals surface area contributed by atoms with E-state index in [1.54, 1.807) is 12.4 Å². The molecule has 1 unspecified atom stereocenters. The van der Waals surface area contributed by atoms with Gasteiger partial charge in [0.25, 0.3) is 0 Å². The second-order valence-electron chi connectivity index (χ2n) is 5.75. The van der Waals surface area contributed by atoms with Crippen LogP contribution in [0.3, 0.4) is 0 Å². The van der Waals surface area contributed by atoms with Crippen molar-refractivity contribution in [3.05, 3.63) is 42.7 Å². The fourth-order valence-electron chi connectivity index (χ4n) is 2.90. The van der Waals surface area contributed by atoms with Gasteiger partial charge in [-0.3, -0.25) is 0 Å². The van der Waals surface area contributed by atoms with Gasteiger partial charge >= 0.3 is 6.18 Å². The molecule has 7 nitrogen and oxygen atoms in total. The molecule has 4 heterocycles. The zero-order valence-electron chi connectivity index (χ0n) is 13.0. The fourth-order valence-corrected chi connectivity index (χ4v) is 2.90. The molecule has 3 aromatic heterocycles. The van der Waals surface area contributed by atoms with Crippen molar-refractivity contribution in [1.29, 1.82) is 0 Å². The van der Waals surface area contributed by atoms with E-state index in [1.807, 2.05) is 21.7 Å². The number of alkyl halides is 3. The third-order valence-corrected chi connectivity index (χ3v) is 4.06. The van der Waals surface area contributed by atoms with Gasteiger partial charge in [-0.1, -0.05) is 0 Å². The summed E-state index contributed by atoms with van der Waals surface area (Å²) in [5, 5.41) is 2.98. The van der Waals surface area contributed by atoms with Gasteiger partial charge in [-0.05, 0) is 12.5 Å². The van der Waals surface area contributed by atoms with Crippen LogP contribution in [-0.2, 0) is 6.18 Å². The minimum atomic E-state index is -4.48. The Morgan fingerprint density at radius 2 is 1.88 bits per heavy atom. The van der Waals surface area contributed by atoms with Crippen molar-refractivity contribution in [2.75, 3.05) is 23.3 Å². The molecule has 0 spiro atoms. The summed E-state index contributed by atoms with van der Waals surface area (Å²) in [6, 6.07) is 0.787. The number of halogens is 3. The molecule has 1 aliphatic heterocycles. The number of hydrogen-bond donors (Lipinski definition) is 1. The lowest BCUT2D eigenvalue weighted by Crippen LogP contribution is -2.28. The number of rotatable bonds is 3. The van der Waals surface area contributed by atoms with Crippen molar-refractivity contribution >= 4 is 17.4 Å². The highest BCUT2D eigenvalue weighted by Crippen LogP contribution is 2.28. The van der Waals surface area contributed by atoms with Crippen LogP contribution >= 0.6 is 0 Å². The van der Waals surface area contributed by atoms with Crippen molar-refractivity contribution in [2.45, 2.75) is 18.6 Å². The number of anilines is 2. The second kappa shape index (κ2) is 5.87. The third kappa shape index (κ3) is 3.06. The van der Waals surface area contributed by atoms with E-state index in [2.05, 4.69) is 25.3 Å². The average molecular weight is 349 g/mol. The first-order valence-corrected chi connectivity index (χ1v) is 7.70. The maximum atomic E-state index is 12.7. The molecular formula is C15H14F3N7. The first kappa shape index (κ1) is 15.6. The van der Waals surface area contributed by atoms with Crippen LogP contribution in [0.1, 0.15) is 12.1 Å². The molecule has 3 aromatic rings. The molecule has 25 heavy (non-hydrogen) atoms. The van der Waals surface area contributed by atoms with E-state index in [0.29, 0.717) is 6.54 Å². The monoisotopic (exact) mass is 349 g/mol. The largest absolute Gasteiger partial charge is 0.433 e. The number of fused-ring (bicyclic) bond motifs is 1. The quantitative estimate of drug-likeness (QED) is 0.782. The van der Waals surface area contributed by atoms with E-state index in [9.17, 15) is 13.2 Å². The van der Waals surface area contributed by atoms with E-state index in [1.165, 1.54) is 0 Å². The summed E-state index contributed by atoms with van der Waals surface area (Å²) in [6.07, 6.45) is 4.41. The van der Waals surface area contributed by atoms with E-state index in [4.69, 9.17) is 0 Å². The number of imidazole rings is 1. The summed E-state index contributed by atoms with van der Waals surface area (Å²) in [7, 11) is 0. The van der Waals surface area contributed by atoms with Crippen molar-refractivity contribution in [2.24, 2.45) is 0 Å². The minimum Gasteiger partial charge on any atom is -0.351 e. The van der Waals surface area contributed by atoms with E-state index in [-0.39, 0.29) is 12.0 Å². The summed E-state index contributed by atoms with van der Waals surface area (Å²) < 4.78 is 40.1. The SMILES string of the molecule is FC(F)(F)c1ccnc(NC2CCN(c3nccn4ccnc34)C2)n1. The molecule has 1 atom stereocenters. The number of nitrogens with one attached hydrogen (secondary N) is 1. The molecule has 4 rings (SSSR count).